The van der Waals surface area contributed by atoms with Crippen LogP contribution in [0.2, 0.25) is 0 Å². The number of rotatable bonds is 6. The van der Waals surface area contributed by atoms with Crippen LogP contribution in [0.4, 0.5) is 4.79 Å². The lowest BCUT2D eigenvalue weighted by Gasteiger charge is -2.25. The van der Waals surface area contributed by atoms with E-state index in [1.807, 2.05) is 36.4 Å². The Balaban J connectivity index is 1.50. The Morgan fingerprint density at radius 2 is 1.71 bits per heavy atom. The number of hydrogen-bond donors (Lipinski definition) is 2. The minimum absolute atomic E-state index is 0.191. The minimum atomic E-state index is -1.26. The maximum Gasteiger partial charge on any atom is 0.344 e. The van der Waals surface area contributed by atoms with E-state index in [0.29, 0.717) is 23.2 Å². The molecule has 1 atom stereocenters. The second kappa shape index (κ2) is 8.86. The number of nitrogens with one attached hydrogen (secondary N) is 2. The molecule has 3 heterocycles. The van der Waals surface area contributed by atoms with Crippen molar-refractivity contribution in [2.24, 2.45) is 0 Å². The summed E-state index contributed by atoms with van der Waals surface area (Å²) in [4.78, 5) is 43.8. The number of carbonyl (C=O) groups excluding carboxylic acids is 3. The first kappa shape index (κ1) is 22.0. The molecule has 0 bridgehead atoms. The van der Waals surface area contributed by atoms with Crippen molar-refractivity contribution in [3.8, 4) is 16.9 Å². The molecule has 5 rings (SSSR count). The van der Waals surface area contributed by atoms with Crippen LogP contribution in [0.3, 0.4) is 0 Å². The van der Waals surface area contributed by atoms with E-state index in [-0.39, 0.29) is 5.56 Å². The van der Waals surface area contributed by atoms with Crippen molar-refractivity contribution in [2.45, 2.75) is 18.9 Å². The Bertz CT molecular complexity index is 1390. The van der Waals surface area contributed by atoms with Gasteiger partial charge in [0.25, 0.3) is 11.8 Å². The first-order chi connectivity index (χ1) is 17.0. The molecule has 2 aromatic heterocycles. The van der Waals surface area contributed by atoms with E-state index in [1.165, 1.54) is 0 Å². The molecular weight excluding hydrogens is 444 g/mol. The van der Waals surface area contributed by atoms with E-state index < -0.39 is 23.4 Å². The van der Waals surface area contributed by atoms with Gasteiger partial charge in [0, 0.05) is 24.2 Å². The third-order valence-electron chi connectivity index (χ3n) is 6.02. The van der Waals surface area contributed by atoms with Crippen molar-refractivity contribution < 1.29 is 14.4 Å². The third-order valence-corrected chi connectivity index (χ3v) is 6.02. The van der Waals surface area contributed by atoms with Gasteiger partial charge in [-0.1, -0.05) is 55.5 Å². The van der Waals surface area contributed by atoms with E-state index in [2.05, 4.69) is 20.8 Å². The average molecular weight is 467 g/mol. The fraction of sp³-hybridized carbons (Fsp3) is 0.115. The molecule has 0 saturated carbocycles. The Kier molecular flexibility index (Phi) is 5.58. The zero-order valence-electron chi connectivity index (χ0n) is 18.9. The average Bonchev–Trinajstić information content (AvgIpc) is 3.46. The number of aromatic nitrogens is 3. The SMILES string of the molecule is CC[C@]1(c2ccccc2)NC(=O)N(NC(=O)c2cn(-c3ccccc3)nc2-c2cccnc2)C1=O. The van der Waals surface area contributed by atoms with Crippen molar-refractivity contribution in [3.63, 3.8) is 0 Å². The molecule has 1 aliphatic heterocycles. The summed E-state index contributed by atoms with van der Waals surface area (Å²) in [5.74, 6) is -1.20. The first-order valence-electron chi connectivity index (χ1n) is 11.1. The Morgan fingerprint density at radius 3 is 2.37 bits per heavy atom. The van der Waals surface area contributed by atoms with E-state index in [9.17, 15) is 14.4 Å². The molecule has 0 aliphatic carbocycles. The number of nitrogens with zero attached hydrogens (tertiary/aromatic N) is 4. The van der Waals surface area contributed by atoms with Gasteiger partial charge in [0.15, 0.2) is 0 Å². The second-order valence-electron chi connectivity index (χ2n) is 8.05. The Morgan fingerprint density at radius 1 is 1.00 bits per heavy atom. The van der Waals surface area contributed by atoms with Crippen LogP contribution < -0.4 is 10.7 Å². The molecule has 9 nitrogen and oxygen atoms in total. The lowest BCUT2D eigenvalue weighted by atomic mass is 9.87. The topological polar surface area (TPSA) is 109 Å². The highest BCUT2D eigenvalue weighted by atomic mass is 16.2. The van der Waals surface area contributed by atoms with E-state index >= 15 is 0 Å². The van der Waals surface area contributed by atoms with Crippen molar-refractivity contribution in [3.05, 3.63) is 103 Å². The van der Waals surface area contributed by atoms with Crippen LogP contribution in [-0.2, 0) is 10.3 Å². The van der Waals surface area contributed by atoms with Gasteiger partial charge in [0.2, 0.25) is 0 Å². The molecular formula is C26H22N6O3. The highest BCUT2D eigenvalue weighted by Crippen LogP contribution is 2.32. The van der Waals surface area contributed by atoms with Gasteiger partial charge in [-0.15, -0.1) is 0 Å². The van der Waals surface area contributed by atoms with Gasteiger partial charge in [-0.2, -0.15) is 10.1 Å². The molecule has 0 spiro atoms. The van der Waals surface area contributed by atoms with Gasteiger partial charge in [0.05, 0.1) is 11.3 Å². The predicted octanol–water partition coefficient (Wildman–Crippen LogP) is 3.44. The number of urea groups is 1. The predicted molar refractivity (Wildman–Crippen MR) is 128 cm³/mol. The zero-order chi connectivity index (χ0) is 24.4. The van der Waals surface area contributed by atoms with Gasteiger partial charge >= 0.3 is 6.03 Å². The number of pyridine rings is 1. The summed E-state index contributed by atoms with van der Waals surface area (Å²) in [5.41, 5.74) is 3.81. The highest BCUT2D eigenvalue weighted by molar-refractivity contribution is 6.10. The first-order valence-corrected chi connectivity index (χ1v) is 11.1. The maximum absolute atomic E-state index is 13.4. The van der Waals surface area contributed by atoms with E-state index in [0.717, 1.165) is 10.7 Å². The second-order valence-corrected chi connectivity index (χ2v) is 8.05. The molecule has 1 saturated heterocycles. The molecule has 0 radical (unpaired) electrons. The van der Waals surface area contributed by atoms with Crippen LogP contribution in [0.1, 0.15) is 29.3 Å². The number of hydrazine groups is 1. The molecule has 1 aliphatic rings. The summed E-state index contributed by atoms with van der Waals surface area (Å²) < 4.78 is 1.57. The van der Waals surface area contributed by atoms with Gasteiger partial charge in [-0.25, -0.2) is 9.48 Å². The normalized spacial score (nSPS) is 17.3. The van der Waals surface area contributed by atoms with Crippen LogP contribution in [0.5, 0.6) is 0 Å². The summed E-state index contributed by atoms with van der Waals surface area (Å²) >= 11 is 0. The molecule has 2 aromatic carbocycles. The molecule has 9 heteroatoms. The van der Waals surface area contributed by atoms with Crippen molar-refractivity contribution >= 4 is 17.8 Å². The number of para-hydroxylation sites is 1. The third kappa shape index (κ3) is 3.82. The molecule has 35 heavy (non-hydrogen) atoms. The number of hydrogen-bond acceptors (Lipinski definition) is 5. The summed E-state index contributed by atoms with van der Waals surface area (Å²) in [6, 6.07) is 21.1. The molecule has 2 N–H and O–H groups in total. The fourth-order valence-electron chi connectivity index (χ4n) is 4.17. The molecule has 1 fully saturated rings. The Hall–Kier alpha value is -4.79. The van der Waals surface area contributed by atoms with Crippen LogP contribution in [0.15, 0.2) is 91.4 Å². The zero-order valence-corrected chi connectivity index (χ0v) is 18.9. The van der Waals surface area contributed by atoms with Crippen molar-refractivity contribution in [2.75, 3.05) is 0 Å². The van der Waals surface area contributed by atoms with Crippen LogP contribution in [-0.4, -0.2) is 37.6 Å². The number of carbonyl (C=O) groups is 3. The molecule has 4 amide bonds. The minimum Gasteiger partial charge on any atom is -0.318 e. The lowest BCUT2D eigenvalue weighted by molar-refractivity contribution is -0.133. The van der Waals surface area contributed by atoms with Gasteiger partial charge in [-0.05, 0) is 36.2 Å². The van der Waals surface area contributed by atoms with Crippen LogP contribution in [0.25, 0.3) is 16.9 Å². The van der Waals surface area contributed by atoms with Gasteiger partial charge in [-0.3, -0.25) is 20.0 Å². The van der Waals surface area contributed by atoms with Gasteiger partial charge in [0.1, 0.15) is 11.2 Å². The fourth-order valence-corrected chi connectivity index (χ4v) is 4.17. The smallest absolute Gasteiger partial charge is 0.318 e. The van der Waals surface area contributed by atoms with E-state index in [1.54, 1.807) is 66.6 Å². The van der Waals surface area contributed by atoms with Gasteiger partial charge < -0.3 is 5.32 Å². The van der Waals surface area contributed by atoms with Crippen molar-refractivity contribution in [1.82, 2.24) is 30.5 Å². The summed E-state index contributed by atoms with van der Waals surface area (Å²) in [6.07, 6.45) is 5.11. The Labute approximate surface area is 201 Å². The molecule has 174 valence electrons. The van der Waals surface area contributed by atoms with E-state index in [4.69, 9.17) is 0 Å². The monoisotopic (exact) mass is 466 g/mol. The summed E-state index contributed by atoms with van der Waals surface area (Å²) in [6.45, 7) is 1.81. The van der Waals surface area contributed by atoms with Crippen LogP contribution >= 0.6 is 0 Å². The maximum atomic E-state index is 13.4. The largest absolute Gasteiger partial charge is 0.344 e. The number of imide groups is 1. The molecule has 4 aromatic rings. The van der Waals surface area contributed by atoms with Crippen LogP contribution in [0, 0.1) is 0 Å². The van der Waals surface area contributed by atoms with Crippen molar-refractivity contribution in [1.29, 1.82) is 0 Å². The summed E-state index contributed by atoms with van der Waals surface area (Å²) in [7, 11) is 0. The number of benzene rings is 2. The standard InChI is InChI=1S/C26H22N6O3/c1-2-26(19-11-5-3-6-12-19)24(34)32(25(35)28-26)30-23(33)21-17-31(20-13-7-4-8-14-20)29-22(21)18-10-9-15-27-16-18/h3-17H,2H2,1H3,(H,28,35)(H,30,33)/t26-/m1/s1. The lowest BCUT2D eigenvalue weighted by Crippen LogP contribution is -2.48. The number of amides is 4. The highest BCUT2D eigenvalue weighted by Gasteiger charge is 2.52. The molecule has 0 unspecified atom stereocenters. The summed E-state index contributed by atoms with van der Waals surface area (Å²) in [5, 5.41) is 8.09. The quantitative estimate of drug-likeness (QED) is 0.423.